The minimum absolute atomic E-state index is 0.354. The minimum atomic E-state index is -0.382. The zero-order valence-corrected chi connectivity index (χ0v) is 16.7. The summed E-state index contributed by atoms with van der Waals surface area (Å²) < 4.78 is 5.54. The number of pyridine rings is 2. The Morgan fingerprint density at radius 2 is 2.00 bits per heavy atom. The molecule has 30 heavy (non-hydrogen) atoms. The summed E-state index contributed by atoms with van der Waals surface area (Å²) in [5.74, 6) is 0.354. The van der Waals surface area contributed by atoms with Crippen LogP contribution < -0.4 is 16.0 Å². The maximum Gasteiger partial charge on any atom is 0.320 e. The molecule has 0 atom stereocenters. The first-order valence-corrected chi connectivity index (χ1v) is 9.51. The van der Waals surface area contributed by atoms with Gasteiger partial charge in [-0.3, -0.25) is 10.3 Å². The number of amides is 2. The van der Waals surface area contributed by atoms with Crippen LogP contribution >= 0.6 is 0 Å². The fraction of sp³-hybridized carbons (Fsp3) is 0.182. The van der Waals surface area contributed by atoms with Gasteiger partial charge in [-0.05, 0) is 30.7 Å². The number of anilines is 3. The van der Waals surface area contributed by atoms with Gasteiger partial charge in [-0.1, -0.05) is 30.3 Å². The van der Waals surface area contributed by atoms with Crippen molar-refractivity contribution in [2.45, 2.75) is 13.5 Å². The van der Waals surface area contributed by atoms with Crippen LogP contribution in [0.25, 0.3) is 0 Å². The molecule has 0 spiro atoms. The summed E-state index contributed by atoms with van der Waals surface area (Å²) in [4.78, 5) is 20.5. The maximum absolute atomic E-state index is 12.1. The van der Waals surface area contributed by atoms with Crippen molar-refractivity contribution in [3.63, 3.8) is 0 Å². The zero-order valence-electron chi connectivity index (χ0n) is 16.7. The van der Waals surface area contributed by atoms with E-state index in [2.05, 4.69) is 25.9 Å². The van der Waals surface area contributed by atoms with E-state index in [9.17, 15) is 4.79 Å². The number of carbonyl (C=O) groups is 1. The summed E-state index contributed by atoms with van der Waals surface area (Å²) >= 11 is 0. The molecule has 3 aromatic rings. The number of urea groups is 1. The number of aromatic nitrogens is 2. The predicted octanol–water partition coefficient (Wildman–Crippen LogP) is 3.86. The van der Waals surface area contributed by atoms with Gasteiger partial charge in [-0.2, -0.15) is 0 Å². The van der Waals surface area contributed by atoms with E-state index >= 15 is 0 Å². The summed E-state index contributed by atoms with van der Waals surface area (Å²) in [5, 5.41) is 16.2. The van der Waals surface area contributed by atoms with Crippen LogP contribution in [0.15, 0.2) is 60.9 Å². The Kier molecular flexibility index (Phi) is 7.45. The first-order chi connectivity index (χ1) is 14.6. The molecule has 8 nitrogen and oxygen atoms in total. The van der Waals surface area contributed by atoms with Gasteiger partial charge < -0.3 is 20.8 Å². The van der Waals surface area contributed by atoms with Crippen molar-refractivity contribution in [3.05, 3.63) is 77.7 Å². The molecule has 0 aliphatic heterocycles. The highest BCUT2D eigenvalue weighted by Crippen LogP contribution is 2.21. The first kappa shape index (κ1) is 20.9. The highest BCUT2D eigenvalue weighted by atomic mass is 16.5. The summed E-state index contributed by atoms with van der Waals surface area (Å²) in [6, 6.07) is 14.8. The number of hydrogen-bond donors (Lipinski definition) is 4. The van der Waals surface area contributed by atoms with Crippen LogP contribution in [0.1, 0.15) is 16.8 Å². The first-order valence-electron chi connectivity index (χ1n) is 9.51. The molecule has 2 heterocycles. The molecule has 0 saturated heterocycles. The van der Waals surface area contributed by atoms with E-state index < -0.39 is 0 Å². The van der Waals surface area contributed by atoms with E-state index in [-0.39, 0.29) is 6.03 Å². The van der Waals surface area contributed by atoms with Crippen LogP contribution in [-0.2, 0) is 11.3 Å². The molecular weight excluding hydrogens is 380 g/mol. The van der Waals surface area contributed by atoms with E-state index in [1.165, 1.54) is 6.21 Å². The number of ether oxygens (including phenoxy) is 1. The molecule has 0 fully saturated rings. The molecule has 2 aromatic heterocycles. The van der Waals surface area contributed by atoms with Crippen LogP contribution in [0.3, 0.4) is 0 Å². The SMILES string of the molecule is Cc1cc(Nc2cnc(NC(=O)NCCOCc3ccccc3)cc2C=N)ccn1. The van der Waals surface area contributed by atoms with Crippen LogP contribution in [0, 0.1) is 12.3 Å². The number of nitrogens with zero attached hydrogens (tertiary/aromatic N) is 2. The van der Waals surface area contributed by atoms with E-state index in [0.29, 0.717) is 36.8 Å². The molecule has 154 valence electrons. The van der Waals surface area contributed by atoms with Crippen molar-refractivity contribution >= 4 is 29.4 Å². The van der Waals surface area contributed by atoms with E-state index in [1.54, 1.807) is 18.5 Å². The monoisotopic (exact) mass is 404 g/mol. The van der Waals surface area contributed by atoms with Crippen LogP contribution in [0.4, 0.5) is 22.0 Å². The van der Waals surface area contributed by atoms with Gasteiger partial charge in [0.05, 0.1) is 25.1 Å². The van der Waals surface area contributed by atoms with Gasteiger partial charge in [0.25, 0.3) is 0 Å². The van der Waals surface area contributed by atoms with Gasteiger partial charge in [0.15, 0.2) is 0 Å². The van der Waals surface area contributed by atoms with Crippen molar-refractivity contribution in [2.24, 2.45) is 0 Å². The molecule has 0 aliphatic carbocycles. The van der Waals surface area contributed by atoms with E-state index in [0.717, 1.165) is 16.9 Å². The highest BCUT2D eigenvalue weighted by Gasteiger charge is 2.07. The molecule has 0 saturated carbocycles. The Labute approximate surface area is 175 Å². The third-order valence-electron chi connectivity index (χ3n) is 4.15. The molecule has 4 N–H and O–H groups in total. The van der Waals surface area contributed by atoms with Gasteiger partial charge in [0, 0.05) is 35.9 Å². The van der Waals surface area contributed by atoms with Crippen molar-refractivity contribution in [1.82, 2.24) is 15.3 Å². The standard InChI is InChI=1S/C22H24N6O2/c1-16-11-19(7-8-24-16)27-20-14-26-21(12-18(20)13-23)28-22(29)25-9-10-30-15-17-5-3-2-4-6-17/h2-8,11-14,23H,9-10,15H2,1H3,(H,24,27)(H2,25,26,28,29). The second-order valence-corrected chi connectivity index (χ2v) is 6.53. The Morgan fingerprint density at radius 1 is 1.17 bits per heavy atom. The van der Waals surface area contributed by atoms with Crippen LogP contribution in [0.5, 0.6) is 0 Å². The molecule has 0 radical (unpaired) electrons. The fourth-order valence-corrected chi connectivity index (χ4v) is 2.70. The van der Waals surface area contributed by atoms with Gasteiger partial charge in [-0.25, -0.2) is 9.78 Å². The number of hydrogen-bond acceptors (Lipinski definition) is 6. The molecule has 0 unspecified atom stereocenters. The summed E-state index contributed by atoms with van der Waals surface area (Å²) in [6.45, 7) is 3.17. The molecule has 3 rings (SSSR count). The smallest absolute Gasteiger partial charge is 0.320 e. The molecule has 8 heteroatoms. The van der Waals surface area contributed by atoms with Crippen molar-refractivity contribution in [3.8, 4) is 0 Å². The maximum atomic E-state index is 12.1. The fourth-order valence-electron chi connectivity index (χ4n) is 2.70. The second-order valence-electron chi connectivity index (χ2n) is 6.53. The lowest BCUT2D eigenvalue weighted by atomic mass is 10.2. The number of carbonyl (C=O) groups excluding carboxylic acids is 1. The summed E-state index contributed by atoms with van der Waals surface area (Å²) in [6.07, 6.45) is 4.49. The summed E-state index contributed by atoms with van der Waals surface area (Å²) in [7, 11) is 0. The van der Waals surface area contributed by atoms with Gasteiger partial charge in [0.2, 0.25) is 0 Å². The van der Waals surface area contributed by atoms with Gasteiger partial charge in [-0.15, -0.1) is 0 Å². The van der Waals surface area contributed by atoms with E-state index in [4.69, 9.17) is 10.1 Å². The molecular formula is C22H24N6O2. The normalized spacial score (nSPS) is 10.3. The summed E-state index contributed by atoms with van der Waals surface area (Å²) in [5.41, 5.74) is 4.08. The number of rotatable bonds is 9. The van der Waals surface area contributed by atoms with Crippen LogP contribution in [-0.4, -0.2) is 35.4 Å². The van der Waals surface area contributed by atoms with Crippen molar-refractivity contribution in [1.29, 1.82) is 5.41 Å². The Balaban J connectivity index is 1.47. The lowest BCUT2D eigenvalue weighted by molar-refractivity contribution is 0.124. The van der Waals surface area contributed by atoms with Gasteiger partial charge >= 0.3 is 6.03 Å². The Hall–Kier alpha value is -3.78. The molecule has 0 aliphatic rings. The number of nitrogens with one attached hydrogen (secondary N) is 4. The largest absolute Gasteiger partial charge is 0.375 e. The predicted molar refractivity (Wildman–Crippen MR) is 117 cm³/mol. The van der Waals surface area contributed by atoms with E-state index in [1.807, 2.05) is 49.4 Å². The topological polar surface area (TPSA) is 112 Å². The van der Waals surface area contributed by atoms with Crippen molar-refractivity contribution in [2.75, 3.05) is 23.8 Å². The highest BCUT2D eigenvalue weighted by molar-refractivity contribution is 5.92. The average Bonchev–Trinajstić information content (AvgIpc) is 2.75. The van der Waals surface area contributed by atoms with Crippen molar-refractivity contribution < 1.29 is 9.53 Å². The Morgan fingerprint density at radius 3 is 2.77 bits per heavy atom. The van der Waals surface area contributed by atoms with Crippen LogP contribution in [0.2, 0.25) is 0 Å². The quantitative estimate of drug-likeness (QED) is 0.320. The van der Waals surface area contributed by atoms with Gasteiger partial charge in [0.1, 0.15) is 5.82 Å². The molecule has 2 amide bonds. The molecule has 1 aromatic carbocycles. The third kappa shape index (κ3) is 6.39. The average molecular weight is 404 g/mol. The Bertz CT molecular complexity index is 994. The second kappa shape index (κ2) is 10.7. The minimum Gasteiger partial charge on any atom is -0.375 e. The number of benzene rings is 1. The lowest BCUT2D eigenvalue weighted by Gasteiger charge is -2.12. The molecule has 0 bridgehead atoms. The third-order valence-corrected chi connectivity index (χ3v) is 4.15. The number of aryl methyl sites for hydroxylation is 1. The zero-order chi connectivity index (χ0) is 21.2. The lowest BCUT2D eigenvalue weighted by Crippen LogP contribution is -2.31.